The molecule has 0 fully saturated rings. The molecular weight excluding hydrogens is 751 g/mol. The number of rotatable bonds is 3. The van der Waals surface area contributed by atoms with Crippen molar-refractivity contribution >= 4 is 27.5 Å². The summed E-state index contributed by atoms with van der Waals surface area (Å²) in [6.07, 6.45) is 9.62. The van der Waals surface area contributed by atoms with Gasteiger partial charge in [0.15, 0.2) is 0 Å². The molecule has 2 nitrogen and oxygen atoms in total. The number of benzene rings is 4. The van der Waals surface area contributed by atoms with E-state index in [2.05, 4.69) is 139 Å². The van der Waals surface area contributed by atoms with Crippen molar-refractivity contribution in [2.24, 2.45) is 5.41 Å². The van der Waals surface area contributed by atoms with E-state index in [1.54, 1.807) is 0 Å². The van der Waals surface area contributed by atoms with Crippen molar-refractivity contribution < 1.29 is 24.5 Å². The maximum absolute atomic E-state index is 6.22. The molecule has 3 heteroatoms. The summed E-state index contributed by atoms with van der Waals surface area (Å²) in [5.41, 5.74) is 16.2. The predicted octanol–water partition coefficient (Wildman–Crippen LogP) is 12.0. The number of aryl methyl sites for hydroxylation is 4. The zero-order chi connectivity index (χ0) is 32.6. The first kappa shape index (κ1) is 34.0. The second-order valence-corrected chi connectivity index (χ2v) is 13.4. The van der Waals surface area contributed by atoms with Crippen LogP contribution >= 0.6 is 0 Å². The molecule has 47 heavy (non-hydrogen) atoms. The number of allylic oxidation sites excluding steroid dienone is 6. The molecule has 1 aliphatic rings. The Kier molecular flexibility index (Phi) is 9.94. The maximum atomic E-state index is 6.22. The van der Waals surface area contributed by atoms with Gasteiger partial charge in [-0.3, -0.25) is 0 Å². The molecule has 4 aromatic carbocycles. The standard InChI is InChI=1S/C24H22O.C20H18N.Ir/c1-15-9-12-19-20-8-6-7-18(23(20)25-22(19)13-15)17-11-10-16(2)21(14-17)24(3,4)5;1-14-11-15(2)20(16(3)12-14)18-9-10-21-19(13-18)17-7-5-4-6-8-17;/h6,8-10,12-14H,1-5H3;4-7,9-13H,1-3H3;/q;-1;. The fourth-order valence-corrected chi connectivity index (χ4v) is 6.49. The van der Waals surface area contributed by atoms with Gasteiger partial charge in [-0.15, -0.1) is 48.0 Å². The Morgan fingerprint density at radius 2 is 1.53 bits per heavy atom. The van der Waals surface area contributed by atoms with Crippen LogP contribution < -0.4 is 0 Å². The second kappa shape index (κ2) is 13.8. The summed E-state index contributed by atoms with van der Waals surface area (Å²) < 4.78 is 6.22. The molecule has 2 heterocycles. The van der Waals surface area contributed by atoms with E-state index in [0.717, 1.165) is 44.3 Å². The molecular formula is C44H40IrNO-. The van der Waals surface area contributed by atoms with Crippen LogP contribution in [-0.4, -0.2) is 4.98 Å². The van der Waals surface area contributed by atoms with Crippen molar-refractivity contribution in [1.29, 1.82) is 0 Å². The first-order valence-electron chi connectivity index (χ1n) is 15.9. The molecule has 237 valence electrons. The first-order chi connectivity index (χ1) is 22.0. The van der Waals surface area contributed by atoms with Gasteiger partial charge in [0, 0.05) is 54.3 Å². The summed E-state index contributed by atoms with van der Waals surface area (Å²) in [6.45, 7) is 17.4. The fraction of sp³-hybridized carbons (Fsp3) is 0.205. The number of nitrogens with zero attached hydrogens (tertiary/aromatic N) is 1. The molecule has 1 aliphatic carbocycles. The average molecular weight is 791 g/mol. The smallest absolute Gasteiger partial charge is 0.122 e. The number of fused-ring (bicyclic) bond motifs is 3. The predicted molar refractivity (Wildman–Crippen MR) is 193 cm³/mol. The van der Waals surface area contributed by atoms with Crippen LogP contribution in [0.5, 0.6) is 0 Å². The van der Waals surface area contributed by atoms with Crippen LogP contribution in [0.4, 0.5) is 0 Å². The van der Waals surface area contributed by atoms with Crippen LogP contribution in [0.1, 0.15) is 55.5 Å². The Bertz CT molecular complexity index is 2150. The maximum Gasteiger partial charge on any atom is 0.122 e. The van der Waals surface area contributed by atoms with Crippen LogP contribution in [0.2, 0.25) is 0 Å². The molecule has 0 saturated carbocycles. The quantitative estimate of drug-likeness (QED) is 0.167. The summed E-state index contributed by atoms with van der Waals surface area (Å²) >= 11 is 0. The molecule has 0 aliphatic heterocycles. The minimum Gasteiger partial charge on any atom is -0.491 e. The van der Waals surface area contributed by atoms with Gasteiger partial charge in [-0.2, -0.15) is 0 Å². The fourth-order valence-electron chi connectivity index (χ4n) is 6.49. The molecule has 7 rings (SSSR count). The van der Waals surface area contributed by atoms with E-state index in [0.29, 0.717) is 0 Å². The second-order valence-electron chi connectivity index (χ2n) is 13.4. The number of hydrogen-bond acceptors (Lipinski definition) is 2. The van der Waals surface area contributed by atoms with Crippen LogP contribution in [-0.2, 0) is 20.1 Å². The van der Waals surface area contributed by atoms with E-state index in [1.165, 1.54) is 44.5 Å². The van der Waals surface area contributed by atoms with Gasteiger partial charge in [0.1, 0.15) is 5.58 Å². The molecule has 0 bridgehead atoms. The van der Waals surface area contributed by atoms with Gasteiger partial charge in [0.2, 0.25) is 0 Å². The van der Waals surface area contributed by atoms with Crippen molar-refractivity contribution in [3.8, 4) is 22.4 Å². The summed E-state index contributed by atoms with van der Waals surface area (Å²) in [7, 11) is 0. The van der Waals surface area contributed by atoms with E-state index in [-0.39, 0.29) is 25.5 Å². The van der Waals surface area contributed by atoms with Crippen molar-refractivity contribution in [3.63, 3.8) is 0 Å². The minimum absolute atomic E-state index is 0. The van der Waals surface area contributed by atoms with Gasteiger partial charge >= 0.3 is 0 Å². The zero-order valence-electron chi connectivity index (χ0n) is 28.4. The zero-order valence-corrected chi connectivity index (χ0v) is 30.8. The number of aromatic nitrogens is 1. The molecule has 0 saturated heterocycles. The van der Waals surface area contributed by atoms with E-state index < -0.39 is 0 Å². The van der Waals surface area contributed by atoms with Crippen molar-refractivity contribution in [3.05, 3.63) is 154 Å². The van der Waals surface area contributed by atoms with Gasteiger partial charge in [-0.05, 0) is 97.3 Å². The first-order valence-corrected chi connectivity index (χ1v) is 15.9. The molecule has 0 atom stereocenters. The van der Waals surface area contributed by atoms with Crippen LogP contribution in [0.15, 0.2) is 113 Å². The Balaban J connectivity index is 0.000000183. The third-order valence-electron chi connectivity index (χ3n) is 8.53. The number of pyridine rings is 1. The normalized spacial score (nSPS) is 12.7. The number of hydrogen-bond donors (Lipinski definition) is 0. The van der Waals surface area contributed by atoms with Gasteiger partial charge in [0.05, 0.1) is 17.2 Å². The molecule has 0 spiro atoms. The molecule has 0 unspecified atom stereocenters. The third kappa shape index (κ3) is 7.14. The van der Waals surface area contributed by atoms with Gasteiger partial charge in [0.25, 0.3) is 0 Å². The van der Waals surface area contributed by atoms with E-state index >= 15 is 0 Å². The Hall–Kier alpha value is -4.39. The van der Waals surface area contributed by atoms with Gasteiger partial charge < -0.3 is 9.40 Å². The topological polar surface area (TPSA) is 26.0 Å². The van der Waals surface area contributed by atoms with E-state index in [4.69, 9.17) is 4.42 Å². The Morgan fingerprint density at radius 1 is 0.766 bits per heavy atom. The summed E-state index contributed by atoms with van der Waals surface area (Å²) in [5, 5.41) is 2.29. The van der Waals surface area contributed by atoms with Crippen LogP contribution in [0.25, 0.3) is 49.9 Å². The average Bonchev–Trinajstić information content (AvgIpc) is 3.39. The van der Waals surface area contributed by atoms with Crippen molar-refractivity contribution in [1.82, 2.24) is 4.98 Å². The summed E-state index contributed by atoms with van der Waals surface area (Å²) in [4.78, 5) is 4.48. The van der Waals surface area contributed by atoms with E-state index in [1.807, 2.05) is 36.5 Å². The van der Waals surface area contributed by atoms with Crippen molar-refractivity contribution in [2.45, 2.75) is 55.4 Å². The number of furan rings is 1. The van der Waals surface area contributed by atoms with Crippen molar-refractivity contribution in [2.75, 3.05) is 0 Å². The van der Waals surface area contributed by atoms with Gasteiger partial charge in [-0.25, -0.2) is 0 Å². The largest absolute Gasteiger partial charge is 0.491 e. The third-order valence-corrected chi connectivity index (χ3v) is 8.53. The summed E-state index contributed by atoms with van der Waals surface area (Å²) in [6, 6.07) is 33.7. The molecule has 1 radical (unpaired) electrons. The van der Waals surface area contributed by atoms with Crippen LogP contribution in [0.3, 0.4) is 0 Å². The molecule has 2 aromatic heterocycles. The minimum atomic E-state index is 0. The Morgan fingerprint density at radius 3 is 2.23 bits per heavy atom. The van der Waals surface area contributed by atoms with E-state index in [9.17, 15) is 0 Å². The van der Waals surface area contributed by atoms with Crippen LogP contribution in [0, 0.1) is 51.3 Å². The molecule has 6 aromatic rings. The SMILES string of the molecule is CC1=C(C(C)(C)C)C=C(c2[c-]ccc3c2oc2cc(C)ccc23)[C+]=C1.Cc1cc(C)c(-c2ccnc(-c3[c-]cccc3)c2)c(C)c1.[Ir]. The Labute approximate surface area is 293 Å². The molecule has 0 amide bonds. The summed E-state index contributed by atoms with van der Waals surface area (Å²) in [5.74, 6) is 0. The molecule has 0 N–H and O–H groups in total. The van der Waals surface area contributed by atoms with Gasteiger partial charge in [-0.1, -0.05) is 62.7 Å². The monoisotopic (exact) mass is 791 g/mol.